The minimum Gasteiger partial charge on any atom is -0.481 e. The van der Waals surface area contributed by atoms with Gasteiger partial charge in [0.05, 0.1) is 6.10 Å². The molecule has 0 aromatic carbocycles. The monoisotopic (exact) mass is 326 g/mol. The van der Waals surface area contributed by atoms with Crippen LogP contribution in [0.15, 0.2) is 0 Å². The van der Waals surface area contributed by atoms with E-state index < -0.39 is 5.97 Å². The first-order valence-corrected chi connectivity index (χ1v) is 10.0. The Balaban J connectivity index is 1.96. The molecule has 0 saturated heterocycles. The lowest BCUT2D eigenvalue weighted by Crippen LogP contribution is -2.41. The fourth-order valence-electron chi connectivity index (χ4n) is 3.91. The van der Waals surface area contributed by atoms with E-state index in [-0.39, 0.29) is 6.10 Å². The molecule has 0 aromatic heterocycles. The summed E-state index contributed by atoms with van der Waals surface area (Å²) in [5.41, 5.74) is 0. The molecule has 0 aliphatic heterocycles. The van der Waals surface area contributed by atoms with Gasteiger partial charge in [0, 0.05) is 6.42 Å². The van der Waals surface area contributed by atoms with Crippen LogP contribution in [0.5, 0.6) is 0 Å². The summed E-state index contributed by atoms with van der Waals surface area (Å²) < 4.78 is 0. The van der Waals surface area contributed by atoms with Crippen LogP contribution in [-0.4, -0.2) is 22.3 Å². The van der Waals surface area contributed by atoms with E-state index in [1.54, 1.807) is 0 Å². The summed E-state index contributed by atoms with van der Waals surface area (Å²) in [6.45, 7) is 2.25. The molecule has 136 valence electrons. The number of carboxylic acids is 1. The van der Waals surface area contributed by atoms with Crippen LogP contribution in [0.1, 0.15) is 103 Å². The molecule has 0 heterocycles. The predicted molar refractivity (Wildman–Crippen MR) is 95.6 cm³/mol. The second-order valence-corrected chi connectivity index (χ2v) is 7.48. The van der Waals surface area contributed by atoms with E-state index in [4.69, 9.17) is 5.11 Å². The molecule has 2 N–H and O–H groups in total. The molecule has 1 aliphatic carbocycles. The fraction of sp³-hybridized carbons (Fsp3) is 0.950. The van der Waals surface area contributed by atoms with Crippen molar-refractivity contribution in [3.05, 3.63) is 0 Å². The molecule has 1 saturated carbocycles. The Morgan fingerprint density at radius 2 is 1.43 bits per heavy atom. The molecule has 3 heteroatoms. The lowest BCUT2D eigenvalue weighted by Gasteiger charge is -2.42. The van der Waals surface area contributed by atoms with Crippen molar-refractivity contribution in [3.63, 3.8) is 0 Å². The maximum absolute atomic E-state index is 10.4. The molecule has 3 unspecified atom stereocenters. The van der Waals surface area contributed by atoms with Crippen LogP contribution in [0.4, 0.5) is 0 Å². The summed E-state index contributed by atoms with van der Waals surface area (Å²) >= 11 is 0. The van der Waals surface area contributed by atoms with Gasteiger partial charge in [0.25, 0.3) is 0 Å². The summed E-state index contributed by atoms with van der Waals surface area (Å²) in [7, 11) is 0. The Bertz CT molecular complexity index is 303. The number of aliphatic hydroxyl groups excluding tert-OH is 1. The highest BCUT2D eigenvalue weighted by molar-refractivity contribution is 5.66. The maximum Gasteiger partial charge on any atom is 0.303 e. The van der Waals surface area contributed by atoms with Gasteiger partial charge < -0.3 is 10.2 Å². The van der Waals surface area contributed by atoms with Gasteiger partial charge in [-0.1, -0.05) is 71.1 Å². The number of unbranched alkanes of at least 4 members (excludes halogenated alkanes) is 9. The van der Waals surface area contributed by atoms with Crippen LogP contribution in [0.3, 0.4) is 0 Å². The van der Waals surface area contributed by atoms with E-state index in [9.17, 15) is 9.90 Å². The molecule has 0 bridgehead atoms. The van der Waals surface area contributed by atoms with E-state index in [0.29, 0.717) is 12.3 Å². The van der Waals surface area contributed by atoms with Crippen molar-refractivity contribution in [1.29, 1.82) is 0 Å². The number of hydrogen-bond donors (Lipinski definition) is 2. The third-order valence-corrected chi connectivity index (χ3v) is 5.50. The lowest BCUT2D eigenvalue weighted by molar-refractivity contribution is -0.137. The van der Waals surface area contributed by atoms with Crippen molar-refractivity contribution in [3.8, 4) is 0 Å². The average molecular weight is 327 g/mol. The minimum atomic E-state index is -0.675. The van der Waals surface area contributed by atoms with E-state index in [1.165, 1.54) is 64.2 Å². The summed E-state index contributed by atoms with van der Waals surface area (Å²) in [6.07, 6.45) is 17.3. The van der Waals surface area contributed by atoms with Crippen LogP contribution in [0.2, 0.25) is 0 Å². The first-order valence-electron chi connectivity index (χ1n) is 10.0. The van der Waals surface area contributed by atoms with Gasteiger partial charge in [0.15, 0.2) is 0 Å². The minimum absolute atomic E-state index is 0.0359. The second kappa shape index (κ2) is 12.8. The van der Waals surface area contributed by atoms with E-state index in [0.717, 1.165) is 31.6 Å². The van der Waals surface area contributed by atoms with Crippen molar-refractivity contribution < 1.29 is 15.0 Å². The molecular weight excluding hydrogens is 288 g/mol. The van der Waals surface area contributed by atoms with Gasteiger partial charge in [-0.05, 0) is 37.5 Å². The van der Waals surface area contributed by atoms with Crippen molar-refractivity contribution >= 4 is 5.97 Å². The summed E-state index contributed by atoms with van der Waals surface area (Å²) in [5.74, 6) is 0.638. The van der Waals surface area contributed by atoms with Gasteiger partial charge in [0.1, 0.15) is 0 Å². The Hall–Kier alpha value is -0.570. The highest BCUT2D eigenvalue weighted by atomic mass is 16.4. The Kier molecular flexibility index (Phi) is 11.4. The fourth-order valence-corrected chi connectivity index (χ4v) is 3.91. The molecule has 1 fully saturated rings. The topological polar surface area (TPSA) is 57.5 Å². The Morgan fingerprint density at radius 1 is 0.870 bits per heavy atom. The van der Waals surface area contributed by atoms with Crippen molar-refractivity contribution in [1.82, 2.24) is 0 Å². The summed E-state index contributed by atoms with van der Waals surface area (Å²) in [4.78, 5) is 10.4. The number of rotatable bonds is 15. The number of carboxylic acid groups (broad SMARTS) is 1. The molecular formula is C20H38O3. The zero-order valence-corrected chi connectivity index (χ0v) is 15.1. The zero-order valence-electron chi connectivity index (χ0n) is 15.1. The van der Waals surface area contributed by atoms with Crippen LogP contribution < -0.4 is 0 Å². The molecule has 3 nitrogen and oxygen atoms in total. The van der Waals surface area contributed by atoms with Crippen LogP contribution in [-0.2, 0) is 4.79 Å². The van der Waals surface area contributed by atoms with Gasteiger partial charge in [0.2, 0.25) is 0 Å². The standard InChI is InChI=1S/C20H38O3/c1-2-3-4-5-8-11-14-18-17(16-19(18)21)13-10-7-6-9-12-15-20(22)23/h17-19,21H,2-16H2,1H3,(H,22,23). The van der Waals surface area contributed by atoms with Gasteiger partial charge in [-0.3, -0.25) is 4.79 Å². The molecule has 0 aromatic rings. The first kappa shape index (κ1) is 20.5. The third-order valence-electron chi connectivity index (χ3n) is 5.50. The second-order valence-electron chi connectivity index (χ2n) is 7.48. The molecule has 1 aliphatic rings. The van der Waals surface area contributed by atoms with E-state index >= 15 is 0 Å². The molecule has 0 radical (unpaired) electrons. The number of hydrogen-bond acceptors (Lipinski definition) is 2. The molecule has 3 atom stereocenters. The van der Waals surface area contributed by atoms with Gasteiger partial charge >= 0.3 is 5.97 Å². The van der Waals surface area contributed by atoms with Crippen LogP contribution >= 0.6 is 0 Å². The predicted octanol–water partition coefficient (Wildman–Crippen LogP) is 5.55. The molecule has 23 heavy (non-hydrogen) atoms. The summed E-state index contributed by atoms with van der Waals surface area (Å²) in [6, 6.07) is 0. The highest BCUT2D eigenvalue weighted by Gasteiger charge is 2.38. The smallest absolute Gasteiger partial charge is 0.303 e. The van der Waals surface area contributed by atoms with Crippen LogP contribution in [0.25, 0.3) is 0 Å². The van der Waals surface area contributed by atoms with Gasteiger partial charge in [-0.25, -0.2) is 0 Å². The number of aliphatic carboxylic acids is 1. The van der Waals surface area contributed by atoms with Gasteiger partial charge in [-0.15, -0.1) is 0 Å². The largest absolute Gasteiger partial charge is 0.481 e. The zero-order chi connectivity index (χ0) is 16.9. The molecule has 0 amide bonds. The van der Waals surface area contributed by atoms with Gasteiger partial charge in [-0.2, -0.15) is 0 Å². The van der Waals surface area contributed by atoms with Crippen LogP contribution in [0, 0.1) is 11.8 Å². The van der Waals surface area contributed by atoms with Crippen molar-refractivity contribution in [2.45, 2.75) is 109 Å². The van der Waals surface area contributed by atoms with E-state index in [1.807, 2.05) is 0 Å². The summed E-state index contributed by atoms with van der Waals surface area (Å²) in [5, 5.41) is 18.6. The highest BCUT2D eigenvalue weighted by Crippen LogP contribution is 2.41. The van der Waals surface area contributed by atoms with E-state index in [2.05, 4.69) is 6.92 Å². The maximum atomic E-state index is 10.4. The average Bonchev–Trinajstić information content (AvgIpc) is 2.51. The van der Waals surface area contributed by atoms with Crippen molar-refractivity contribution in [2.24, 2.45) is 11.8 Å². The Labute approximate surface area is 142 Å². The van der Waals surface area contributed by atoms with Crippen molar-refractivity contribution in [2.75, 3.05) is 0 Å². The quantitative estimate of drug-likeness (QED) is 0.388. The SMILES string of the molecule is CCCCCCCCC1C(O)CC1CCCCCCCC(=O)O. The molecule has 1 rings (SSSR count). The normalized spacial score (nSPS) is 23.7. The number of carbonyl (C=O) groups is 1. The third kappa shape index (κ3) is 9.34. The first-order chi connectivity index (χ1) is 11.1. The number of aliphatic hydroxyl groups is 1. The lowest BCUT2D eigenvalue weighted by atomic mass is 9.66. The molecule has 0 spiro atoms. The Morgan fingerprint density at radius 3 is 2.04 bits per heavy atom.